The van der Waals surface area contributed by atoms with Crippen molar-refractivity contribution in [3.8, 4) is 0 Å². The van der Waals surface area contributed by atoms with E-state index >= 15 is 0 Å². The standard InChI is InChI=1S/C16H20N2OS/c1-11-6-8-13(9-7-11)15(14-5-4-10-20-14)18-12(2)16(19)17-3/h4-10,12,15,18H,1-3H3,(H,17,19)/p+1/t12-,15-/m1/s1. The third-order valence-electron chi connectivity index (χ3n) is 3.43. The Morgan fingerprint density at radius 3 is 2.50 bits per heavy atom. The van der Waals surface area contributed by atoms with Crippen molar-refractivity contribution in [2.75, 3.05) is 7.05 Å². The first-order valence-electron chi connectivity index (χ1n) is 6.78. The summed E-state index contributed by atoms with van der Waals surface area (Å²) in [7, 11) is 1.68. The van der Waals surface area contributed by atoms with Gasteiger partial charge in [0.15, 0.2) is 6.04 Å². The number of rotatable bonds is 5. The van der Waals surface area contributed by atoms with Gasteiger partial charge in [-0.1, -0.05) is 35.9 Å². The molecular formula is C16H21N2OS+. The lowest BCUT2D eigenvalue weighted by atomic mass is 10.0. The highest BCUT2D eigenvalue weighted by Crippen LogP contribution is 2.23. The minimum Gasteiger partial charge on any atom is -0.354 e. The number of nitrogens with two attached hydrogens (primary N) is 1. The number of carbonyl (C=O) groups is 1. The molecule has 0 unspecified atom stereocenters. The fourth-order valence-corrected chi connectivity index (χ4v) is 3.05. The number of amides is 1. The second-order valence-corrected chi connectivity index (χ2v) is 5.98. The lowest BCUT2D eigenvalue weighted by Crippen LogP contribution is -2.92. The van der Waals surface area contributed by atoms with Crippen molar-refractivity contribution in [3.63, 3.8) is 0 Å². The lowest BCUT2D eigenvalue weighted by molar-refractivity contribution is -0.704. The molecule has 3 nitrogen and oxygen atoms in total. The summed E-state index contributed by atoms with van der Waals surface area (Å²) in [5.41, 5.74) is 2.48. The summed E-state index contributed by atoms with van der Waals surface area (Å²) in [5.74, 6) is 0.0543. The second kappa shape index (κ2) is 6.68. The average Bonchev–Trinajstić information content (AvgIpc) is 2.98. The molecule has 106 valence electrons. The number of aryl methyl sites for hydroxylation is 1. The summed E-state index contributed by atoms with van der Waals surface area (Å²) in [5, 5.41) is 6.91. The van der Waals surface area contributed by atoms with Gasteiger partial charge >= 0.3 is 0 Å². The largest absolute Gasteiger partial charge is 0.354 e. The molecule has 1 amide bonds. The molecule has 1 aromatic carbocycles. The van der Waals surface area contributed by atoms with E-state index in [9.17, 15) is 4.79 Å². The van der Waals surface area contributed by atoms with Crippen LogP contribution in [-0.2, 0) is 4.79 Å². The molecule has 0 bridgehead atoms. The number of likely N-dealkylation sites (N-methyl/N-ethyl adjacent to an activating group) is 1. The molecule has 0 saturated heterocycles. The van der Waals surface area contributed by atoms with Crippen molar-refractivity contribution in [1.29, 1.82) is 0 Å². The van der Waals surface area contributed by atoms with Gasteiger partial charge in [-0.05, 0) is 25.3 Å². The van der Waals surface area contributed by atoms with Crippen LogP contribution in [0.2, 0.25) is 0 Å². The Morgan fingerprint density at radius 2 is 1.95 bits per heavy atom. The fraction of sp³-hybridized carbons (Fsp3) is 0.312. The van der Waals surface area contributed by atoms with Gasteiger partial charge in [0.25, 0.3) is 5.91 Å². The smallest absolute Gasteiger partial charge is 0.277 e. The Kier molecular flexibility index (Phi) is 4.93. The van der Waals surface area contributed by atoms with E-state index in [1.165, 1.54) is 16.0 Å². The average molecular weight is 289 g/mol. The van der Waals surface area contributed by atoms with Crippen LogP contribution in [0.15, 0.2) is 41.8 Å². The molecule has 0 aliphatic rings. The maximum Gasteiger partial charge on any atom is 0.277 e. The zero-order valence-corrected chi connectivity index (χ0v) is 12.9. The minimum atomic E-state index is -0.117. The molecule has 20 heavy (non-hydrogen) atoms. The molecule has 2 atom stereocenters. The SMILES string of the molecule is CNC(=O)[C@@H](C)[NH2+][C@H](c1ccc(C)cc1)c1cccs1. The number of hydrogen-bond donors (Lipinski definition) is 2. The molecule has 2 aromatic rings. The number of benzene rings is 1. The van der Waals surface area contributed by atoms with Crippen LogP contribution in [0.3, 0.4) is 0 Å². The quantitative estimate of drug-likeness (QED) is 0.867. The number of thiophene rings is 1. The van der Waals surface area contributed by atoms with E-state index in [2.05, 4.69) is 59.3 Å². The van der Waals surface area contributed by atoms with Crippen LogP contribution in [0.5, 0.6) is 0 Å². The number of nitrogens with one attached hydrogen (secondary N) is 1. The molecule has 3 N–H and O–H groups in total. The topological polar surface area (TPSA) is 45.7 Å². The molecule has 1 aromatic heterocycles. The van der Waals surface area contributed by atoms with Gasteiger partial charge in [0.05, 0.1) is 4.88 Å². The summed E-state index contributed by atoms with van der Waals surface area (Å²) in [6, 6.07) is 12.8. The van der Waals surface area contributed by atoms with E-state index in [4.69, 9.17) is 0 Å². The van der Waals surface area contributed by atoms with Gasteiger partial charge in [-0.15, -0.1) is 11.3 Å². The van der Waals surface area contributed by atoms with E-state index in [0.29, 0.717) is 0 Å². The van der Waals surface area contributed by atoms with Crippen molar-refractivity contribution in [3.05, 3.63) is 57.8 Å². The molecule has 0 saturated carbocycles. The fourth-order valence-electron chi connectivity index (χ4n) is 2.22. The van der Waals surface area contributed by atoms with Gasteiger partial charge in [-0.3, -0.25) is 4.79 Å². The first kappa shape index (κ1) is 14.8. The Bertz CT molecular complexity index is 548. The van der Waals surface area contributed by atoms with E-state index in [1.807, 2.05) is 6.92 Å². The molecule has 0 fully saturated rings. The van der Waals surface area contributed by atoms with Crippen LogP contribution in [0.25, 0.3) is 0 Å². The third-order valence-corrected chi connectivity index (χ3v) is 4.38. The van der Waals surface area contributed by atoms with Crippen LogP contribution in [0, 0.1) is 6.92 Å². The highest BCUT2D eigenvalue weighted by Gasteiger charge is 2.24. The van der Waals surface area contributed by atoms with E-state index in [1.54, 1.807) is 18.4 Å². The molecule has 1 heterocycles. The van der Waals surface area contributed by atoms with Crippen LogP contribution in [0.1, 0.15) is 29.0 Å². The molecule has 0 spiro atoms. The molecule has 0 radical (unpaired) electrons. The van der Waals surface area contributed by atoms with Crippen LogP contribution < -0.4 is 10.6 Å². The zero-order chi connectivity index (χ0) is 14.5. The normalized spacial score (nSPS) is 13.8. The van der Waals surface area contributed by atoms with Crippen molar-refractivity contribution in [2.45, 2.75) is 25.9 Å². The minimum absolute atomic E-state index is 0.0543. The molecule has 0 aliphatic heterocycles. The van der Waals surface area contributed by atoms with Crippen molar-refractivity contribution < 1.29 is 10.1 Å². The summed E-state index contributed by atoms with van der Waals surface area (Å²) in [4.78, 5) is 13.0. The predicted octanol–water partition coefficient (Wildman–Crippen LogP) is 1.84. The van der Waals surface area contributed by atoms with E-state index in [0.717, 1.165) is 0 Å². The highest BCUT2D eigenvalue weighted by molar-refractivity contribution is 7.10. The van der Waals surface area contributed by atoms with Crippen LogP contribution in [0.4, 0.5) is 0 Å². The highest BCUT2D eigenvalue weighted by atomic mass is 32.1. The predicted molar refractivity (Wildman–Crippen MR) is 82.8 cm³/mol. The monoisotopic (exact) mass is 289 g/mol. The first-order chi connectivity index (χ1) is 9.61. The lowest BCUT2D eigenvalue weighted by Gasteiger charge is -2.19. The maximum atomic E-state index is 11.8. The van der Waals surface area contributed by atoms with Crippen LogP contribution >= 0.6 is 11.3 Å². The van der Waals surface area contributed by atoms with Crippen molar-refractivity contribution in [2.24, 2.45) is 0 Å². The summed E-state index contributed by atoms with van der Waals surface area (Å²) >= 11 is 1.73. The first-order valence-corrected chi connectivity index (χ1v) is 7.66. The van der Waals surface area contributed by atoms with Crippen molar-refractivity contribution >= 4 is 17.2 Å². The summed E-state index contributed by atoms with van der Waals surface area (Å²) in [6.07, 6.45) is 0. The van der Waals surface area contributed by atoms with E-state index in [-0.39, 0.29) is 18.0 Å². The Labute approximate surface area is 124 Å². The van der Waals surface area contributed by atoms with Gasteiger partial charge < -0.3 is 10.6 Å². The van der Waals surface area contributed by atoms with Gasteiger partial charge in [0, 0.05) is 12.6 Å². The Hall–Kier alpha value is -1.65. The third kappa shape index (κ3) is 3.46. The zero-order valence-electron chi connectivity index (χ0n) is 12.1. The molecule has 2 rings (SSSR count). The van der Waals surface area contributed by atoms with Crippen LogP contribution in [-0.4, -0.2) is 19.0 Å². The maximum absolute atomic E-state index is 11.8. The van der Waals surface area contributed by atoms with Gasteiger partial charge in [-0.25, -0.2) is 0 Å². The number of hydrogen-bond acceptors (Lipinski definition) is 2. The molecular weight excluding hydrogens is 268 g/mol. The number of quaternary nitrogens is 1. The Balaban J connectivity index is 2.26. The molecule has 0 aliphatic carbocycles. The summed E-state index contributed by atoms with van der Waals surface area (Å²) in [6.45, 7) is 4.02. The van der Waals surface area contributed by atoms with Gasteiger partial charge in [0.1, 0.15) is 6.04 Å². The van der Waals surface area contributed by atoms with Gasteiger partial charge in [0.2, 0.25) is 0 Å². The van der Waals surface area contributed by atoms with Gasteiger partial charge in [-0.2, -0.15) is 0 Å². The van der Waals surface area contributed by atoms with E-state index < -0.39 is 0 Å². The summed E-state index contributed by atoms with van der Waals surface area (Å²) < 4.78 is 0. The number of carbonyl (C=O) groups excluding carboxylic acids is 1. The van der Waals surface area contributed by atoms with Crippen molar-refractivity contribution in [1.82, 2.24) is 5.32 Å². The second-order valence-electron chi connectivity index (χ2n) is 5.00. The molecule has 4 heteroatoms. The Morgan fingerprint density at radius 1 is 1.25 bits per heavy atom.